The van der Waals surface area contributed by atoms with Crippen LogP contribution in [0, 0.1) is 5.82 Å². The maximum Gasteiger partial charge on any atom is 0.147 e. The Hall–Kier alpha value is -0.840. The van der Waals surface area contributed by atoms with Gasteiger partial charge in [0.25, 0.3) is 0 Å². The molecule has 0 saturated heterocycles. The van der Waals surface area contributed by atoms with Crippen LogP contribution in [0.15, 0.2) is 12.1 Å². The van der Waals surface area contributed by atoms with E-state index in [4.69, 9.17) is 17.3 Å². The number of rotatable bonds is 4. The fourth-order valence-corrected chi connectivity index (χ4v) is 1.48. The van der Waals surface area contributed by atoms with Gasteiger partial charge >= 0.3 is 0 Å². The highest BCUT2D eigenvalue weighted by molar-refractivity contribution is 6.33. The third kappa shape index (κ3) is 3.33. The van der Waals surface area contributed by atoms with Crippen molar-refractivity contribution < 1.29 is 9.50 Å². The summed E-state index contributed by atoms with van der Waals surface area (Å²) in [5, 5.41) is 13.0. The highest BCUT2D eigenvalue weighted by Gasteiger charge is 2.13. The van der Waals surface area contributed by atoms with Crippen molar-refractivity contribution in [1.29, 1.82) is 0 Å². The molecule has 0 aromatic heterocycles. The molecule has 0 bridgehead atoms. The van der Waals surface area contributed by atoms with E-state index in [-0.39, 0.29) is 16.8 Å². The van der Waals surface area contributed by atoms with Crippen molar-refractivity contribution in [3.05, 3.63) is 28.5 Å². The fraction of sp³-hybridized carbons (Fsp3) is 0.455. The van der Waals surface area contributed by atoms with Crippen molar-refractivity contribution in [2.24, 2.45) is 0 Å². The van der Waals surface area contributed by atoms with Gasteiger partial charge in [-0.25, -0.2) is 4.39 Å². The quantitative estimate of drug-likeness (QED) is 0.713. The van der Waals surface area contributed by atoms with Crippen molar-refractivity contribution in [3.63, 3.8) is 0 Å². The lowest BCUT2D eigenvalue weighted by Crippen LogP contribution is -2.28. The molecule has 5 heteroatoms. The maximum absolute atomic E-state index is 13.3. The van der Waals surface area contributed by atoms with E-state index < -0.39 is 11.9 Å². The lowest BCUT2D eigenvalue weighted by Gasteiger charge is -2.15. The van der Waals surface area contributed by atoms with E-state index in [2.05, 4.69) is 5.32 Å². The largest absolute Gasteiger partial charge is 0.395 e. The zero-order valence-corrected chi connectivity index (χ0v) is 10.1. The van der Waals surface area contributed by atoms with Gasteiger partial charge in [0, 0.05) is 12.6 Å². The summed E-state index contributed by atoms with van der Waals surface area (Å²) in [5.41, 5.74) is 5.70. The van der Waals surface area contributed by atoms with Crippen molar-refractivity contribution in [3.8, 4) is 0 Å². The summed E-state index contributed by atoms with van der Waals surface area (Å²) in [6, 6.07) is 2.93. The van der Waals surface area contributed by atoms with Gasteiger partial charge in [-0.3, -0.25) is 0 Å². The molecule has 90 valence electrons. The number of anilines is 1. The van der Waals surface area contributed by atoms with Crippen LogP contribution in [-0.4, -0.2) is 17.7 Å². The van der Waals surface area contributed by atoms with E-state index in [1.807, 2.05) is 13.8 Å². The molecule has 0 aliphatic carbocycles. The van der Waals surface area contributed by atoms with Crippen LogP contribution in [0.1, 0.15) is 25.5 Å². The molecule has 0 radical (unpaired) electrons. The van der Waals surface area contributed by atoms with E-state index in [0.29, 0.717) is 12.1 Å². The van der Waals surface area contributed by atoms with Gasteiger partial charge in [-0.05, 0) is 17.7 Å². The molecule has 0 aliphatic rings. The second-order valence-corrected chi connectivity index (χ2v) is 4.38. The molecule has 0 amide bonds. The number of aliphatic hydroxyl groups excluding tert-OH is 1. The Balaban J connectivity index is 2.80. The number of hydrogen-bond donors (Lipinski definition) is 3. The van der Waals surface area contributed by atoms with Crippen molar-refractivity contribution in [2.75, 3.05) is 12.3 Å². The lowest BCUT2D eigenvalue weighted by molar-refractivity contribution is 0.171. The summed E-state index contributed by atoms with van der Waals surface area (Å²) in [6.07, 6.45) is -0.796. The minimum Gasteiger partial charge on any atom is -0.395 e. The summed E-state index contributed by atoms with van der Waals surface area (Å²) in [7, 11) is 0. The second-order valence-electron chi connectivity index (χ2n) is 3.98. The van der Waals surface area contributed by atoms with Crippen molar-refractivity contribution >= 4 is 17.3 Å². The zero-order chi connectivity index (χ0) is 12.3. The third-order valence-corrected chi connectivity index (χ3v) is 2.52. The molecular formula is C11H16ClFN2O. The molecule has 16 heavy (non-hydrogen) atoms. The van der Waals surface area contributed by atoms with Crippen LogP contribution in [0.25, 0.3) is 0 Å². The van der Waals surface area contributed by atoms with E-state index >= 15 is 0 Å². The SMILES string of the molecule is CC(C)NCC(O)c1cc(F)c(N)c(Cl)c1. The Kier molecular flexibility index (Phi) is 4.53. The first-order chi connectivity index (χ1) is 7.41. The topological polar surface area (TPSA) is 58.3 Å². The van der Waals surface area contributed by atoms with E-state index in [9.17, 15) is 9.50 Å². The average molecular weight is 247 g/mol. The zero-order valence-electron chi connectivity index (χ0n) is 9.30. The van der Waals surface area contributed by atoms with Crippen LogP contribution < -0.4 is 11.1 Å². The first-order valence-corrected chi connectivity index (χ1v) is 5.45. The van der Waals surface area contributed by atoms with Gasteiger partial charge in [-0.1, -0.05) is 25.4 Å². The van der Waals surface area contributed by atoms with Gasteiger partial charge in [-0.15, -0.1) is 0 Å². The maximum atomic E-state index is 13.3. The van der Waals surface area contributed by atoms with Gasteiger partial charge in [0.15, 0.2) is 0 Å². The van der Waals surface area contributed by atoms with Crippen LogP contribution in [-0.2, 0) is 0 Å². The van der Waals surface area contributed by atoms with Crippen LogP contribution in [0.4, 0.5) is 10.1 Å². The highest BCUT2D eigenvalue weighted by atomic mass is 35.5. The summed E-state index contributed by atoms with van der Waals surface area (Å²) < 4.78 is 13.3. The summed E-state index contributed by atoms with van der Waals surface area (Å²) in [6.45, 7) is 4.27. The number of benzene rings is 1. The second kappa shape index (κ2) is 5.48. The van der Waals surface area contributed by atoms with E-state index in [0.717, 1.165) is 0 Å². The number of nitrogens with two attached hydrogens (primary N) is 1. The third-order valence-electron chi connectivity index (χ3n) is 2.21. The van der Waals surface area contributed by atoms with Crippen LogP contribution in [0.3, 0.4) is 0 Å². The standard InChI is InChI=1S/C11H16ClFN2O/c1-6(2)15-5-10(16)7-3-8(12)11(14)9(13)4-7/h3-4,6,10,15-16H,5,14H2,1-2H3. The number of nitrogens with one attached hydrogen (secondary N) is 1. The Labute approximate surface area is 99.4 Å². The number of halogens is 2. The molecule has 1 aromatic carbocycles. The summed E-state index contributed by atoms with van der Waals surface area (Å²) in [5.74, 6) is -0.605. The predicted molar refractivity (Wildman–Crippen MR) is 63.9 cm³/mol. The molecule has 1 rings (SSSR count). The van der Waals surface area contributed by atoms with Crippen LogP contribution in [0.5, 0.6) is 0 Å². The van der Waals surface area contributed by atoms with Crippen molar-refractivity contribution in [2.45, 2.75) is 26.0 Å². The van der Waals surface area contributed by atoms with Gasteiger partial charge in [-0.2, -0.15) is 0 Å². The predicted octanol–water partition coefficient (Wildman–Crippen LogP) is 2.09. The molecule has 0 spiro atoms. The molecule has 0 fully saturated rings. The monoisotopic (exact) mass is 246 g/mol. The molecule has 1 aromatic rings. The first kappa shape index (κ1) is 13.2. The van der Waals surface area contributed by atoms with E-state index in [1.165, 1.54) is 12.1 Å². The Morgan fingerprint density at radius 3 is 2.62 bits per heavy atom. The molecule has 0 aliphatic heterocycles. The molecule has 1 unspecified atom stereocenters. The van der Waals surface area contributed by atoms with Crippen LogP contribution >= 0.6 is 11.6 Å². The minimum absolute atomic E-state index is 0.0885. The summed E-state index contributed by atoms with van der Waals surface area (Å²) in [4.78, 5) is 0. The Morgan fingerprint density at radius 1 is 1.50 bits per heavy atom. The fourth-order valence-electron chi connectivity index (χ4n) is 1.26. The van der Waals surface area contributed by atoms with E-state index in [1.54, 1.807) is 0 Å². The highest BCUT2D eigenvalue weighted by Crippen LogP contribution is 2.26. The summed E-state index contributed by atoms with van der Waals surface area (Å²) >= 11 is 5.73. The smallest absolute Gasteiger partial charge is 0.147 e. The van der Waals surface area contributed by atoms with Gasteiger partial charge in [0.05, 0.1) is 16.8 Å². The number of hydrogen-bond acceptors (Lipinski definition) is 3. The van der Waals surface area contributed by atoms with Crippen LogP contribution in [0.2, 0.25) is 5.02 Å². The molecule has 0 saturated carbocycles. The van der Waals surface area contributed by atoms with Gasteiger partial charge < -0.3 is 16.2 Å². The normalized spacial score (nSPS) is 13.1. The Bertz CT molecular complexity index is 348. The molecule has 1 atom stereocenters. The van der Waals surface area contributed by atoms with Gasteiger partial charge in [0.1, 0.15) is 5.82 Å². The first-order valence-electron chi connectivity index (χ1n) is 5.07. The molecule has 3 nitrogen and oxygen atoms in total. The van der Waals surface area contributed by atoms with Crippen molar-refractivity contribution in [1.82, 2.24) is 5.32 Å². The molecular weight excluding hydrogens is 231 g/mol. The number of aliphatic hydroxyl groups is 1. The number of nitrogen functional groups attached to an aromatic ring is 1. The van der Waals surface area contributed by atoms with Gasteiger partial charge in [0.2, 0.25) is 0 Å². The minimum atomic E-state index is -0.796. The molecule has 4 N–H and O–H groups in total. The average Bonchev–Trinajstić information content (AvgIpc) is 2.21. The Morgan fingerprint density at radius 2 is 2.12 bits per heavy atom. The molecule has 0 heterocycles. The lowest BCUT2D eigenvalue weighted by atomic mass is 10.1.